The molecule has 0 spiro atoms. The Labute approximate surface area is 126 Å². The van der Waals surface area contributed by atoms with Crippen LogP contribution in [0.5, 0.6) is 0 Å². The number of hydrogen-bond donors (Lipinski definition) is 1. The van der Waals surface area contributed by atoms with E-state index in [0.29, 0.717) is 0 Å². The number of nitrogens with zero attached hydrogens (tertiary/aromatic N) is 2. The average molecular weight is 303 g/mol. The highest BCUT2D eigenvalue weighted by atomic mass is 35.5. The molecule has 0 aromatic carbocycles. The summed E-state index contributed by atoms with van der Waals surface area (Å²) in [6, 6.07) is 0. The molecule has 0 aliphatic rings. The van der Waals surface area contributed by atoms with Crippen LogP contribution in [0.4, 0.5) is 0 Å². The molecule has 5 nitrogen and oxygen atoms in total. The van der Waals surface area contributed by atoms with E-state index in [1.807, 2.05) is 10.8 Å². The Kier molecular flexibility index (Phi) is 9.72. The highest BCUT2D eigenvalue weighted by Gasteiger charge is 2.16. The first kappa shape index (κ1) is 18.6. The molecule has 0 aliphatic carbocycles. The number of aliphatic carboxylic acids is 1. The number of carboxylic acid groups (broad SMARTS) is 1. The van der Waals surface area contributed by atoms with E-state index >= 15 is 0 Å². The van der Waals surface area contributed by atoms with Crippen molar-refractivity contribution in [1.29, 1.82) is 0 Å². The third kappa shape index (κ3) is 7.28. The van der Waals surface area contributed by atoms with Crippen LogP contribution in [0.3, 0.4) is 0 Å². The molecule has 0 atom stereocenters. The molecular weight excluding hydrogens is 280 g/mol. The summed E-state index contributed by atoms with van der Waals surface area (Å²) in [6.45, 7) is 3.08. The molecule has 0 saturated carbocycles. The van der Waals surface area contributed by atoms with Crippen molar-refractivity contribution < 1.29 is 31.7 Å². The van der Waals surface area contributed by atoms with E-state index in [9.17, 15) is 9.59 Å². The van der Waals surface area contributed by atoms with E-state index in [1.54, 1.807) is 12.5 Å². The summed E-state index contributed by atoms with van der Waals surface area (Å²) in [5.41, 5.74) is 0. The van der Waals surface area contributed by atoms with Gasteiger partial charge in [-0.25, -0.2) is 9.36 Å². The molecule has 1 heterocycles. The molecule has 114 valence electrons. The van der Waals surface area contributed by atoms with Gasteiger partial charge in [-0.2, -0.15) is 4.57 Å². The monoisotopic (exact) mass is 302 g/mol. The van der Waals surface area contributed by atoms with Crippen molar-refractivity contribution in [1.82, 2.24) is 4.57 Å². The number of unbranched alkanes of at least 4 members (excludes halogenated alkanes) is 5. The van der Waals surface area contributed by atoms with Gasteiger partial charge in [0.1, 0.15) is 18.8 Å². The summed E-state index contributed by atoms with van der Waals surface area (Å²) in [5.74, 6) is -1.50. The van der Waals surface area contributed by atoms with Crippen LogP contribution in [0.2, 0.25) is 0 Å². The largest absolute Gasteiger partial charge is 1.00 e. The van der Waals surface area contributed by atoms with Crippen molar-refractivity contribution in [2.24, 2.45) is 0 Å². The highest BCUT2D eigenvalue weighted by Crippen LogP contribution is 2.04. The number of imidazole rings is 1. The lowest BCUT2D eigenvalue weighted by molar-refractivity contribution is -0.696. The van der Waals surface area contributed by atoms with Crippen LogP contribution >= 0.6 is 0 Å². The smallest absolute Gasteiger partial charge is 0.325 e. The van der Waals surface area contributed by atoms with Gasteiger partial charge in [0, 0.05) is 0 Å². The van der Waals surface area contributed by atoms with Gasteiger partial charge in [0.15, 0.2) is 0 Å². The molecule has 0 radical (unpaired) electrons. The first-order valence-corrected chi connectivity index (χ1v) is 6.95. The van der Waals surface area contributed by atoms with Crippen molar-refractivity contribution in [3.05, 3.63) is 18.7 Å². The zero-order valence-corrected chi connectivity index (χ0v) is 12.7. The molecule has 0 amide bonds. The first-order valence-electron chi connectivity index (χ1n) is 6.95. The van der Waals surface area contributed by atoms with Gasteiger partial charge in [-0.05, 0) is 12.8 Å². The molecule has 0 fully saturated rings. The van der Waals surface area contributed by atoms with Crippen LogP contribution in [-0.4, -0.2) is 21.6 Å². The van der Waals surface area contributed by atoms with Gasteiger partial charge >= 0.3 is 11.9 Å². The van der Waals surface area contributed by atoms with Crippen LogP contribution in [0.1, 0.15) is 56.7 Å². The molecule has 6 heteroatoms. The number of halogens is 1. The number of carbonyl (C=O) groups is 2. The number of carboxylic acids is 1. The number of aromatic nitrogens is 2. The van der Waals surface area contributed by atoms with Gasteiger partial charge in [0.05, 0.1) is 6.54 Å². The summed E-state index contributed by atoms with van der Waals surface area (Å²) in [5, 5.41) is 8.56. The fraction of sp³-hybridized carbons (Fsp3) is 0.643. The van der Waals surface area contributed by atoms with E-state index < -0.39 is 18.3 Å². The van der Waals surface area contributed by atoms with Gasteiger partial charge in [-0.3, -0.25) is 4.79 Å². The average Bonchev–Trinajstić information content (AvgIpc) is 2.81. The maximum absolute atomic E-state index is 11.5. The van der Waals surface area contributed by atoms with Crippen molar-refractivity contribution in [2.75, 3.05) is 0 Å². The van der Waals surface area contributed by atoms with E-state index in [4.69, 9.17) is 5.11 Å². The zero-order valence-electron chi connectivity index (χ0n) is 11.9. The van der Waals surface area contributed by atoms with Crippen LogP contribution in [0.25, 0.3) is 0 Å². The van der Waals surface area contributed by atoms with E-state index in [2.05, 4.69) is 6.92 Å². The molecule has 0 bridgehead atoms. The summed E-state index contributed by atoms with van der Waals surface area (Å²) < 4.78 is 3.27. The lowest BCUT2D eigenvalue weighted by Crippen LogP contribution is -3.00. The van der Waals surface area contributed by atoms with Crippen molar-refractivity contribution in [3.63, 3.8) is 0 Å². The molecule has 0 aliphatic heterocycles. The van der Waals surface area contributed by atoms with E-state index in [-0.39, 0.29) is 12.4 Å². The first-order chi connectivity index (χ1) is 9.13. The SMILES string of the molecule is CCCCCCCC[n+]1ccn(C(=O)CC(=O)O)c1.[Cl-]. The van der Waals surface area contributed by atoms with Crippen LogP contribution in [-0.2, 0) is 11.3 Å². The van der Waals surface area contributed by atoms with Crippen molar-refractivity contribution in [2.45, 2.75) is 58.4 Å². The van der Waals surface area contributed by atoms with Crippen LogP contribution in [0, 0.1) is 0 Å². The highest BCUT2D eigenvalue weighted by molar-refractivity contribution is 5.94. The minimum atomic E-state index is -1.10. The fourth-order valence-corrected chi connectivity index (χ4v) is 1.97. The minimum Gasteiger partial charge on any atom is -1.00 e. The van der Waals surface area contributed by atoms with E-state index in [0.717, 1.165) is 13.0 Å². The predicted octanol–water partition coefficient (Wildman–Crippen LogP) is -0.745. The van der Waals surface area contributed by atoms with Gasteiger partial charge < -0.3 is 17.5 Å². The molecule has 1 aromatic heterocycles. The summed E-state index contributed by atoms with van der Waals surface area (Å²) in [7, 11) is 0. The second-order valence-electron chi connectivity index (χ2n) is 4.79. The standard InChI is InChI=1S/C14H22N2O3.ClH/c1-2-3-4-5-6-7-8-15-9-10-16(12-15)13(17)11-14(18)19;/h9-10,12H,2-8,11H2,1H3;1H. The van der Waals surface area contributed by atoms with Gasteiger partial charge in [0.25, 0.3) is 6.33 Å². The Hall–Kier alpha value is -1.36. The molecule has 1 N–H and O–H groups in total. The lowest BCUT2D eigenvalue weighted by Gasteiger charge is -1.98. The number of rotatable bonds is 9. The summed E-state index contributed by atoms with van der Waals surface area (Å²) >= 11 is 0. The second-order valence-corrected chi connectivity index (χ2v) is 4.79. The van der Waals surface area contributed by atoms with Crippen molar-refractivity contribution >= 4 is 11.9 Å². The maximum Gasteiger partial charge on any atom is 0.325 e. The van der Waals surface area contributed by atoms with Gasteiger partial charge in [-0.15, -0.1) is 0 Å². The number of carbonyl (C=O) groups excluding carboxylic acids is 1. The molecule has 0 saturated heterocycles. The Bertz CT molecular complexity index is 418. The van der Waals surface area contributed by atoms with Gasteiger partial charge in [-0.1, -0.05) is 32.6 Å². The molecular formula is C14H23ClN2O3. The molecule has 1 aromatic rings. The Morgan fingerprint density at radius 2 is 1.80 bits per heavy atom. The molecule has 1 rings (SSSR count). The Morgan fingerprint density at radius 3 is 2.45 bits per heavy atom. The summed E-state index contributed by atoms with van der Waals surface area (Å²) in [6.07, 6.45) is 12.0. The minimum absolute atomic E-state index is 0. The summed E-state index contributed by atoms with van der Waals surface area (Å²) in [4.78, 5) is 21.9. The van der Waals surface area contributed by atoms with Crippen LogP contribution < -0.4 is 17.0 Å². The topological polar surface area (TPSA) is 63.2 Å². The maximum atomic E-state index is 11.5. The third-order valence-electron chi connectivity index (χ3n) is 3.05. The van der Waals surface area contributed by atoms with Crippen molar-refractivity contribution in [3.8, 4) is 0 Å². The fourth-order valence-electron chi connectivity index (χ4n) is 1.97. The number of aryl methyl sites for hydroxylation is 1. The normalized spacial score (nSPS) is 10.1. The quantitative estimate of drug-likeness (QED) is 0.371. The number of hydrogen-bond acceptors (Lipinski definition) is 2. The Balaban J connectivity index is 0.00000361. The lowest BCUT2D eigenvalue weighted by atomic mass is 10.1. The molecule has 0 unspecified atom stereocenters. The van der Waals surface area contributed by atoms with Crippen LogP contribution in [0.15, 0.2) is 18.7 Å². The zero-order chi connectivity index (χ0) is 14.1. The second kappa shape index (κ2) is 10.4. The Morgan fingerprint density at radius 1 is 1.15 bits per heavy atom. The van der Waals surface area contributed by atoms with E-state index in [1.165, 1.54) is 36.7 Å². The van der Waals surface area contributed by atoms with Gasteiger partial charge in [0.2, 0.25) is 0 Å². The predicted molar refractivity (Wildman–Crippen MR) is 70.9 cm³/mol. The third-order valence-corrected chi connectivity index (χ3v) is 3.05. The molecule has 20 heavy (non-hydrogen) atoms.